The number of pyridine rings is 2. The number of nitriles is 1. The third kappa shape index (κ3) is 4.01. The van der Waals surface area contributed by atoms with E-state index in [-0.39, 0.29) is 11.8 Å². The first kappa shape index (κ1) is 23.9. The van der Waals surface area contributed by atoms with Gasteiger partial charge in [0, 0.05) is 30.6 Å². The molecule has 6 rings (SSSR count). The van der Waals surface area contributed by atoms with Crippen molar-refractivity contribution in [3.63, 3.8) is 0 Å². The van der Waals surface area contributed by atoms with Gasteiger partial charge in [0.15, 0.2) is 0 Å². The summed E-state index contributed by atoms with van der Waals surface area (Å²) in [6.07, 6.45) is 6.16. The molecule has 190 valence electrons. The summed E-state index contributed by atoms with van der Waals surface area (Å²) >= 11 is 0. The molecule has 1 fully saturated rings. The highest BCUT2D eigenvalue weighted by atomic mass is 16.5. The molecule has 5 aromatic rings. The van der Waals surface area contributed by atoms with Gasteiger partial charge in [-0.1, -0.05) is 18.2 Å². The van der Waals surface area contributed by atoms with E-state index in [9.17, 15) is 10.1 Å². The lowest BCUT2D eigenvalue weighted by Gasteiger charge is -2.16. The maximum absolute atomic E-state index is 13.4. The summed E-state index contributed by atoms with van der Waals surface area (Å²) in [5, 5.41) is 10.4. The molecule has 38 heavy (non-hydrogen) atoms. The summed E-state index contributed by atoms with van der Waals surface area (Å²) in [7, 11) is 1.75. The third-order valence-electron chi connectivity index (χ3n) is 7.25. The van der Waals surface area contributed by atoms with Crippen LogP contribution in [0.15, 0.2) is 71.9 Å². The van der Waals surface area contributed by atoms with Crippen LogP contribution < -0.4 is 10.4 Å². The molecule has 1 unspecified atom stereocenters. The van der Waals surface area contributed by atoms with Gasteiger partial charge < -0.3 is 9.47 Å². The van der Waals surface area contributed by atoms with Crippen LogP contribution in [0.25, 0.3) is 38.8 Å². The molecular formula is C30H27N5O3. The van der Waals surface area contributed by atoms with E-state index in [0.717, 1.165) is 50.7 Å². The summed E-state index contributed by atoms with van der Waals surface area (Å²) in [6.45, 7) is 5.06. The Hall–Kier alpha value is -4.48. The minimum atomic E-state index is -0.620. The Labute approximate surface area is 219 Å². The van der Waals surface area contributed by atoms with Crippen LogP contribution in [-0.4, -0.2) is 38.4 Å². The fourth-order valence-corrected chi connectivity index (χ4v) is 4.95. The monoisotopic (exact) mass is 505 g/mol. The van der Waals surface area contributed by atoms with Gasteiger partial charge in [-0.05, 0) is 55.3 Å². The first-order valence-electron chi connectivity index (χ1n) is 12.6. The minimum Gasteiger partial charge on any atom is -0.486 e. The second-order valence-electron chi connectivity index (χ2n) is 10.2. The van der Waals surface area contributed by atoms with Crippen molar-refractivity contribution in [3.8, 4) is 28.6 Å². The average Bonchev–Trinajstić information content (AvgIpc) is 3.54. The Morgan fingerprint density at radius 1 is 1.08 bits per heavy atom. The van der Waals surface area contributed by atoms with Crippen molar-refractivity contribution in [1.82, 2.24) is 19.1 Å². The topological polar surface area (TPSA) is 95.0 Å². The Morgan fingerprint density at radius 3 is 2.63 bits per heavy atom. The van der Waals surface area contributed by atoms with Crippen LogP contribution in [0.1, 0.15) is 25.8 Å². The minimum absolute atomic E-state index is 0.0383. The largest absolute Gasteiger partial charge is 0.486 e. The van der Waals surface area contributed by atoms with Gasteiger partial charge in [-0.25, -0.2) is 4.79 Å². The lowest BCUT2D eigenvalue weighted by Crippen LogP contribution is -2.21. The number of aromatic nitrogens is 4. The van der Waals surface area contributed by atoms with E-state index in [2.05, 4.69) is 16.0 Å². The molecule has 0 spiro atoms. The van der Waals surface area contributed by atoms with Gasteiger partial charge in [0.05, 0.1) is 59.3 Å². The normalized spacial score (nSPS) is 15.7. The van der Waals surface area contributed by atoms with Crippen LogP contribution in [-0.2, 0) is 17.2 Å². The second-order valence-corrected chi connectivity index (χ2v) is 10.2. The predicted molar refractivity (Wildman–Crippen MR) is 146 cm³/mol. The van der Waals surface area contributed by atoms with Gasteiger partial charge in [0.25, 0.3) is 0 Å². The lowest BCUT2D eigenvalue weighted by molar-refractivity contribution is 0.141. The predicted octanol–water partition coefficient (Wildman–Crippen LogP) is 4.91. The van der Waals surface area contributed by atoms with E-state index in [4.69, 9.17) is 9.47 Å². The molecule has 0 N–H and O–H groups in total. The molecule has 0 saturated carbocycles. The first-order valence-corrected chi connectivity index (χ1v) is 12.6. The number of fused-ring (bicyclic) bond motifs is 3. The Morgan fingerprint density at radius 2 is 1.89 bits per heavy atom. The first-order chi connectivity index (χ1) is 18.4. The maximum atomic E-state index is 13.4. The third-order valence-corrected chi connectivity index (χ3v) is 7.25. The van der Waals surface area contributed by atoms with Crippen molar-refractivity contribution in [3.05, 3.63) is 83.2 Å². The quantitative estimate of drug-likeness (QED) is 0.337. The summed E-state index contributed by atoms with van der Waals surface area (Å²) in [5.41, 5.74) is 4.99. The lowest BCUT2D eigenvalue weighted by atomic mass is 9.86. The van der Waals surface area contributed by atoms with Crippen molar-refractivity contribution in [2.75, 3.05) is 13.2 Å². The number of imidazole rings is 1. The molecule has 0 amide bonds. The van der Waals surface area contributed by atoms with Crippen LogP contribution in [0, 0.1) is 11.3 Å². The van der Waals surface area contributed by atoms with E-state index in [1.165, 1.54) is 0 Å². The van der Waals surface area contributed by atoms with Crippen LogP contribution >= 0.6 is 0 Å². The number of aryl methyl sites for hydroxylation is 1. The Bertz CT molecular complexity index is 1770. The van der Waals surface area contributed by atoms with E-state index in [1.54, 1.807) is 34.8 Å². The van der Waals surface area contributed by atoms with Crippen molar-refractivity contribution in [2.24, 2.45) is 7.05 Å². The van der Waals surface area contributed by atoms with Crippen LogP contribution in [0.5, 0.6) is 5.75 Å². The van der Waals surface area contributed by atoms with Gasteiger partial charge in [-0.3, -0.25) is 19.1 Å². The number of hydrogen-bond donors (Lipinski definition) is 0. The van der Waals surface area contributed by atoms with Gasteiger partial charge in [0.2, 0.25) is 0 Å². The van der Waals surface area contributed by atoms with Crippen LogP contribution in [0.2, 0.25) is 0 Å². The molecule has 1 aliphatic rings. The molecule has 0 radical (unpaired) electrons. The standard InChI is InChI=1S/C30H27N5O3/c1-30(2,18-31)21-5-7-22(8-6-21)35-28-25-13-19(4-9-26(25)33-16-27(28)34(3)29(35)36)20-12-24(15-32-14-20)38-23-10-11-37-17-23/h4-9,12-16,23H,10-11,17H2,1-3H3. The van der Waals surface area contributed by atoms with E-state index >= 15 is 0 Å². The average molecular weight is 506 g/mol. The highest BCUT2D eigenvalue weighted by Gasteiger charge is 2.21. The van der Waals surface area contributed by atoms with Crippen molar-refractivity contribution in [1.29, 1.82) is 5.26 Å². The zero-order chi connectivity index (χ0) is 26.4. The molecule has 1 saturated heterocycles. The molecule has 0 aliphatic carbocycles. The van der Waals surface area contributed by atoms with Gasteiger partial charge in [-0.15, -0.1) is 0 Å². The summed E-state index contributed by atoms with van der Waals surface area (Å²) in [4.78, 5) is 22.5. The molecule has 0 bridgehead atoms. The molecular weight excluding hydrogens is 478 g/mol. The summed E-state index contributed by atoms with van der Waals surface area (Å²) < 4.78 is 14.8. The molecule has 8 heteroatoms. The highest BCUT2D eigenvalue weighted by Crippen LogP contribution is 2.31. The van der Waals surface area contributed by atoms with E-state index in [0.29, 0.717) is 19.0 Å². The van der Waals surface area contributed by atoms with E-state index in [1.807, 2.05) is 62.4 Å². The van der Waals surface area contributed by atoms with Crippen LogP contribution in [0.3, 0.4) is 0 Å². The molecule has 4 heterocycles. The molecule has 3 aromatic heterocycles. The van der Waals surface area contributed by atoms with Crippen molar-refractivity contribution in [2.45, 2.75) is 31.8 Å². The number of ether oxygens (including phenoxy) is 2. The van der Waals surface area contributed by atoms with Crippen molar-refractivity contribution >= 4 is 21.9 Å². The zero-order valence-corrected chi connectivity index (χ0v) is 21.5. The van der Waals surface area contributed by atoms with Gasteiger partial charge >= 0.3 is 5.69 Å². The van der Waals surface area contributed by atoms with Crippen LogP contribution in [0.4, 0.5) is 0 Å². The highest BCUT2D eigenvalue weighted by molar-refractivity contribution is 6.04. The number of nitrogens with zero attached hydrogens (tertiary/aromatic N) is 5. The molecule has 8 nitrogen and oxygen atoms in total. The molecule has 2 aromatic carbocycles. The number of hydrogen-bond acceptors (Lipinski definition) is 6. The maximum Gasteiger partial charge on any atom is 0.333 e. The number of rotatable bonds is 5. The summed E-state index contributed by atoms with van der Waals surface area (Å²) in [5.74, 6) is 0.700. The number of benzene rings is 2. The van der Waals surface area contributed by atoms with E-state index < -0.39 is 5.41 Å². The Balaban J connectivity index is 1.49. The SMILES string of the molecule is Cn1c(=O)n(-c2ccc(C(C)(C)C#N)cc2)c2c3cc(-c4cncc(OC5CCOC5)c4)ccc3ncc21. The van der Waals surface area contributed by atoms with Crippen molar-refractivity contribution < 1.29 is 9.47 Å². The smallest absolute Gasteiger partial charge is 0.333 e. The van der Waals surface area contributed by atoms with Gasteiger partial charge in [0.1, 0.15) is 11.9 Å². The fourth-order valence-electron chi connectivity index (χ4n) is 4.95. The fraction of sp³-hybridized carbons (Fsp3) is 0.267. The Kier molecular flexibility index (Phi) is 5.73. The second kappa shape index (κ2) is 9.12. The summed E-state index contributed by atoms with van der Waals surface area (Å²) in [6, 6.07) is 17.9. The molecule has 1 atom stereocenters. The molecule has 1 aliphatic heterocycles. The van der Waals surface area contributed by atoms with Gasteiger partial charge in [-0.2, -0.15) is 5.26 Å². The zero-order valence-electron chi connectivity index (χ0n) is 21.5.